The average Bonchev–Trinajstić information content (AvgIpc) is 2.15. The van der Waals surface area contributed by atoms with E-state index in [-0.39, 0.29) is 11.5 Å². The first-order chi connectivity index (χ1) is 7.34. The summed E-state index contributed by atoms with van der Waals surface area (Å²) in [6.45, 7) is 6.63. The predicted molar refractivity (Wildman–Crippen MR) is 61.1 cm³/mol. The van der Waals surface area contributed by atoms with Gasteiger partial charge >= 0.3 is 0 Å². The van der Waals surface area contributed by atoms with Crippen molar-refractivity contribution in [3.63, 3.8) is 0 Å². The number of rotatable bonds is 6. The molecule has 0 saturated heterocycles. The quantitative estimate of drug-likeness (QED) is 0.565. The number of carbonyl (C=O) groups is 2. The fourth-order valence-corrected chi connectivity index (χ4v) is 0.907. The summed E-state index contributed by atoms with van der Waals surface area (Å²) in [4.78, 5) is 22.1. The normalized spacial score (nSPS) is 13.1. The Balaban J connectivity index is 4.42. The lowest BCUT2D eigenvalue weighted by Gasteiger charge is -2.06. The number of nitrogens with one attached hydrogen (secondary N) is 1. The molecule has 0 heterocycles. The Kier molecular flexibility index (Phi) is 6.10. The monoisotopic (exact) mass is 226 g/mol. The van der Waals surface area contributed by atoms with Gasteiger partial charge in [0, 0.05) is 17.3 Å². The van der Waals surface area contributed by atoms with E-state index in [9.17, 15) is 9.59 Å². The zero-order valence-electron chi connectivity index (χ0n) is 9.62. The van der Waals surface area contributed by atoms with Crippen LogP contribution in [0.5, 0.6) is 0 Å². The third-order valence-electron chi connectivity index (χ3n) is 1.91. The summed E-state index contributed by atoms with van der Waals surface area (Å²) in [5, 5.41) is 11.5. The Bertz CT molecular complexity index is 319. The van der Waals surface area contributed by atoms with Gasteiger partial charge in [-0.05, 0) is 26.7 Å². The first-order valence-corrected chi connectivity index (χ1v) is 4.98. The van der Waals surface area contributed by atoms with Crippen LogP contribution in [0.2, 0.25) is 0 Å². The van der Waals surface area contributed by atoms with Gasteiger partial charge in [0.15, 0.2) is 0 Å². The highest BCUT2D eigenvalue weighted by Gasteiger charge is 2.08. The van der Waals surface area contributed by atoms with Crippen LogP contribution in [0.3, 0.4) is 0 Å². The molecule has 0 aliphatic carbocycles. The minimum absolute atomic E-state index is 0.274. The summed E-state index contributed by atoms with van der Waals surface area (Å²) in [5.41, 5.74) is 5.74. The van der Waals surface area contributed by atoms with Crippen molar-refractivity contribution in [2.45, 2.75) is 32.8 Å². The molecule has 0 radical (unpaired) electrons. The van der Waals surface area contributed by atoms with Crippen LogP contribution in [-0.2, 0) is 9.59 Å². The van der Waals surface area contributed by atoms with Crippen molar-refractivity contribution in [2.24, 2.45) is 5.73 Å². The van der Waals surface area contributed by atoms with Crippen LogP contribution in [0.1, 0.15) is 26.7 Å². The van der Waals surface area contributed by atoms with E-state index in [1.165, 1.54) is 6.20 Å². The molecule has 0 fully saturated rings. The van der Waals surface area contributed by atoms with E-state index in [1.807, 2.05) is 0 Å². The van der Waals surface area contributed by atoms with Gasteiger partial charge in [0.25, 0.3) is 0 Å². The van der Waals surface area contributed by atoms with Crippen molar-refractivity contribution in [3.8, 4) is 0 Å². The minimum Gasteiger partial charge on any atom is -0.393 e. The summed E-state index contributed by atoms with van der Waals surface area (Å²) in [6.07, 6.45) is 1.49. The molecule has 2 amide bonds. The maximum atomic E-state index is 11.2. The maximum absolute atomic E-state index is 11.2. The van der Waals surface area contributed by atoms with E-state index < -0.39 is 12.0 Å². The smallest absolute Gasteiger partial charge is 0.250 e. The molecule has 5 nitrogen and oxygen atoms in total. The molecule has 0 aromatic carbocycles. The van der Waals surface area contributed by atoms with Crippen LogP contribution < -0.4 is 11.1 Å². The Morgan fingerprint density at radius 3 is 2.50 bits per heavy atom. The van der Waals surface area contributed by atoms with Gasteiger partial charge < -0.3 is 16.2 Å². The number of carbonyl (C=O) groups excluding carboxylic acids is 2. The third-order valence-corrected chi connectivity index (χ3v) is 1.91. The zero-order chi connectivity index (χ0) is 12.7. The summed E-state index contributed by atoms with van der Waals surface area (Å²) in [6, 6.07) is 0. The molecule has 90 valence electrons. The van der Waals surface area contributed by atoms with Crippen LogP contribution in [0, 0.1) is 0 Å². The highest BCUT2D eigenvalue weighted by molar-refractivity contribution is 5.95. The van der Waals surface area contributed by atoms with E-state index in [2.05, 4.69) is 11.9 Å². The zero-order valence-corrected chi connectivity index (χ0v) is 9.62. The second-order valence-corrected chi connectivity index (χ2v) is 3.68. The van der Waals surface area contributed by atoms with Crippen LogP contribution >= 0.6 is 0 Å². The van der Waals surface area contributed by atoms with Gasteiger partial charge in [0.2, 0.25) is 11.8 Å². The fraction of sp³-hybridized carbons (Fsp3) is 0.455. The Morgan fingerprint density at radius 1 is 1.56 bits per heavy atom. The predicted octanol–water partition coefficient (Wildman–Crippen LogP) is 0.209. The van der Waals surface area contributed by atoms with E-state index >= 15 is 0 Å². The van der Waals surface area contributed by atoms with Gasteiger partial charge in [-0.15, -0.1) is 0 Å². The van der Waals surface area contributed by atoms with E-state index in [1.54, 1.807) is 13.8 Å². The number of amides is 2. The van der Waals surface area contributed by atoms with Crippen LogP contribution in [0.15, 0.2) is 23.9 Å². The highest BCUT2D eigenvalue weighted by Crippen LogP contribution is 2.06. The molecule has 0 rings (SSSR count). The first kappa shape index (κ1) is 14.4. The van der Waals surface area contributed by atoms with Crippen molar-refractivity contribution in [1.29, 1.82) is 0 Å². The topological polar surface area (TPSA) is 92.4 Å². The molecular weight excluding hydrogens is 208 g/mol. The molecule has 5 heteroatoms. The number of hydrogen-bond donors (Lipinski definition) is 3. The number of primary amides is 1. The van der Waals surface area contributed by atoms with Crippen molar-refractivity contribution < 1.29 is 14.7 Å². The highest BCUT2D eigenvalue weighted by atomic mass is 16.3. The molecule has 0 bridgehead atoms. The number of nitrogens with two attached hydrogens (primary N) is 1. The molecular formula is C11H18N2O3. The summed E-state index contributed by atoms with van der Waals surface area (Å²) in [5.74, 6) is -0.974. The van der Waals surface area contributed by atoms with Crippen molar-refractivity contribution >= 4 is 11.8 Å². The fourth-order valence-electron chi connectivity index (χ4n) is 0.907. The molecule has 4 N–H and O–H groups in total. The van der Waals surface area contributed by atoms with Gasteiger partial charge in [-0.3, -0.25) is 9.59 Å². The second kappa shape index (κ2) is 6.79. The van der Waals surface area contributed by atoms with Crippen LogP contribution in [0.25, 0.3) is 0 Å². The molecule has 0 aromatic heterocycles. The molecule has 0 aromatic rings. The Morgan fingerprint density at radius 2 is 2.12 bits per heavy atom. The average molecular weight is 226 g/mol. The number of hydrogen-bond acceptors (Lipinski definition) is 3. The molecule has 0 aliphatic rings. The Labute approximate surface area is 95.0 Å². The van der Waals surface area contributed by atoms with Gasteiger partial charge in [-0.25, -0.2) is 0 Å². The van der Waals surface area contributed by atoms with E-state index in [4.69, 9.17) is 10.8 Å². The SMILES string of the molecule is C=C(C)C(=O)NC=C(CCC(C)O)C(N)=O. The summed E-state index contributed by atoms with van der Waals surface area (Å²) >= 11 is 0. The first-order valence-electron chi connectivity index (χ1n) is 4.98. The minimum atomic E-state index is -0.609. The van der Waals surface area contributed by atoms with Crippen molar-refractivity contribution in [1.82, 2.24) is 5.32 Å². The molecule has 16 heavy (non-hydrogen) atoms. The summed E-state index contributed by atoms with van der Waals surface area (Å²) < 4.78 is 0. The van der Waals surface area contributed by atoms with E-state index in [0.29, 0.717) is 18.4 Å². The van der Waals surface area contributed by atoms with Crippen molar-refractivity contribution in [3.05, 3.63) is 23.9 Å². The standard InChI is InChI=1S/C11H18N2O3/c1-7(2)11(16)13-6-9(10(12)15)5-4-8(3)14/h6,8,14H,1,4-5H2,2-3H3,(H2,12,15)(H,13,16). The van der Waals surface area contributed by atoms with Crippen molar-refractivity contribution in [2.75, 3.05) is 0 Å². The van der Waals surface area contributed by atoms with E-state index in [0.717, 1.165) is 0 Å². The van der Waals surface area contributed by atoms with Gasteiger partial charge in [0.05, 0.1) is 6.10 Å². The molecule has 0 saturated carbocycles. The molecule has 1 atom stereocenters. The maximum Gasteiger partial charge on any atom is 0.250 e. The molecule has 0 spiro atoms. The largest absolute Gasteiger partial charge is 0.393 e. The third kappa shape index (κ3) is 5.98. The van der Waals surface area contributed by atoms with Crippen LogP contribution in [0.4, 0.5) is 0 Å². The molecule has 0 aliphatic heterocycles. The van der Waals surface area contributed by atoms with Gasteiger partial charge in [-0.2, -0.15) is 0 Å². The number of aliphatic hydroxyl groups excluding tert-OH is 1. The summed E-state index contributed by atoms with van der Waals surface area (Å²) in [7, 11) is 0. The lowest BCUT2D eigenvalue weighted by Crippen LogP contribution is -2.22. The lowest BCUT2D eigenvalue weighted by atomic mass is 10.1. The second-order valence-electron chi connectivity index (χ2n) is 3.68. The Hall–Kier alpha value is -1.62. The lowest BCUT2D eigenvalue weighted by molar-refractivity contribution is -0.116. The molecule has 1 unspecified atom stereocenters. The van der Waals surface area contributed by atoms with Gasteiger partial charge in [-0.1, -0.05) is 6.58 Å². The van der Waals surface area contributed by atoms with Gasteiger partial charge in [0.1, 0.15) is 0 Å². The van der Waals surface area contributed by atoms with Crippen LogP contribution in [-0.4, -0.2) is 23.0 Å². The number of aliphatic hydroxyl groups is 1.